The van der Waals surface area contributed by atoms with Crippen LogP contribution >= 0.6 is 11.8 Å². The van der Waals surface area contributed by atoms with E-state index in [9.17, 15) is 0 Å². The summed E-state index contributed by atoms with van der Waals surface area (Å²) in [6.07, 6.45) is 2.42. The number of nitrogens with zero attached hydrogens (tertiary/aromatic N) is 1. The van der Waals surface area contributed by atoms with Gasteiger partial charge in [-0.2, -0.15) is 0 Å². The maximum Gasteiger partial charge on any atom is 0.122 e. The van der Waals surface area contributed by atoms with Gasteiger partial charge in [-0.1, -0.05) is 27.2 Å². The van der Waals surface area contributed by atoms with Crippen LogP contribution in [0.3, 0.4) is 0 Å². The molecule has 1 atom stereocenters. The van der Waals surface area contributed by atoms with Crippen LogP contribution in [-0.2, 0) is 0 Å². The van der Waals surface area contributed by atoms with Gasteiger partial charge in [0.2, 0.25) is 0 Å². The lowest BCUT2D eigenvalue weighted by atomic mass is 9.78. The average Bonchev–Trinajstić information content (AvgIpc) is 2.44. The first-order valence-electron chi connectivity index (χ1n) is 6.09. The zero-order chi connectivity index (χ0) is 11.9. The average molecular weight is 235 g/mol. The molecule has 2 aliphatic heterocycles. The minimum atomic E-state index is 0.162. The molecule has 0 amide bonds. The van der Waals surface area contributed by atoms with Crippen molar-refractivity contribution in [2.24, 2.45) is 10.4 Å². The maximum atomic E-state index is 4.79. The van der Waals surface area contributed by atoms with Gasteiger partial charge in [-0.15, -0.1) is 11.8 Å². The number of aliphatic imine (C=N–C) groups is 1. The number of rotatable bonds is 2. The highest BCUT2D eigenvalue weighted by Gasteiger charge is 2.40. The minimum absolute atomic E-state index is 0.162. The second-order valence-corrected chi connectivity index (χ2v) is 6.21. The Morgan fingerprint density at radius 1 is 1.38 bits per heavy atom. The molecule has 88 valence electrons. The summed E-state index contributed by atoms with van der Waals surface area (Å²) in [6.45, 7) is 11.3. The second-order valence-electron chi connectivity index (χ2n) is 5.26. The molecule has 0 saturated heterocycles. The van der Waals surface area contributed by atoms with Crippen LogP contribution in [0, 0.1) is 5.41 Å². The van der Waals surface area contributed by atoms with E-state index in [1.807, 2.05) is 11.8 Å². The van der Waals surface area contributed by atoms with Crippen LogP contribution in [0.5, 0.6) is 0 Å². The molecular formula is C14H21NS. The molecule has 2 heterocycles. The normalized spacial score (nSPS) is 27.7. The maximum absolute atomic E-state index is 4.79. The van der Waals surface area contributed by atoms with Gasteiger partial charge in [0.25, 0.3) is 0 Å². The summed E-state index contributed by atoms with van der Waals surface area (Å²) in [5.41, 5.74) is 6.01. The molecule has 0 saturated carbocycles. The predicted octanol–water partition coefficient (Wildman–Crippen LogP) is 4.56. The molecule has 1 unspecified atom stereocenters. The van der Waals surface area contributed by atoms with E-state index in [0.717, 1.165) is 0 Å². The van der Waals surface area contributed by atoms with Gasteiger partial charge in [0.1, 0.15) is 5.37 Å². The predicted molar refractivity (Wildman–Crippen MR) is 74.0 cm³/mol. The van der Waals surface area contributed by atoms with Crippen LogP contribution in [0.25, 0.3) is 0 Å². The van der Waals surface area contributed by atoms with E-state index in [1.165, 1.54) is 29.7 Å². The van der Waals surface area contributed by atoms with E-state index in [4.69, 9.17) is 4.99 Å². The third-order valence-electron chi connectivity index (χ3n) is 3.88. The Morgan fingerprint density at radius 3 is 2.69 bits per heavy atom. The van der Waals surface area contributed by atoms with Crippen molar-refractivity contribution >= 4 is 17.5 Å². The molecule has 0 radical (unpaired) electrons. The number of allylic oxidation sites excluding steroid dienone is 2. The van der Waals surface area contributed by atoms with Crippen molar-refractivity contribution in [2.45, 2.75) is 52.8 Å². The lowest BCUT2D eigenvalue weighted by Crippen LogP contribution is -2.23. The van der Waals surface area contributed by atoms with Gasteiger partial charge in [-0.25, -0.2) is 0 Å². The van der Waals surface area contributed by atoms with Gasteiger partial charge in [0, 0.05) is 11.1 Å². The van der Waals surface area contributed by atoms with Crippen LogP contribution in [0.2, 0.25) is 0 Å². The first-order chi connectivity index (χ1) is 7.48. The molecule has 0 bridgehead atoms. The van der Waals surface area contributed by atoms with Crippen LogP contribution in [0.4, 0.5) is 0 Å². The molecule has 0 fully saturated rings. The van der Waals surface area contributed by atoms with Crippen LogP contribution in [0.1, 0.15) is 47.5 Å². The molecule has 0 spiro atoms. The Kier molecular flexibility index (Phi) is 3.04. The molecular weight excluding hydrogens is 214 g/mol. The van der Waals surface area contributed by atoms with Crippen molar-refractivity contribution in [3.8, 4) is 0 Å². The smallest absolute Gasteiger partial charge is 0.122 e. The summed E-state index contributed by atoms with van der Waals surface area (Å²) >= 11 is 1.88. The first kappa shape index (κ1) is 12.0. The van der Waals surface area contributed by atoms with Gasteiger partial charge in [-0.3, -0.25) is 4.99 Å². The Morgan fingerprint density at radius 2 is 2.06 bits per heavy atom. The molecule has 0 aliphatic carbocycles. The highest BCUT2D eigenvalue weighted by atomic mass is 32.2. The molecule has 0 aromatic carbocycles. The second kappa shape index (κ2) is 4.06. The summed E-state index contributed by atoms with van der Waals surface area (Å²) < 4.78 is 0. The Labute approximate surface area is 103 Å². The Hall–Kier alpha value is -0.500. The summed E-state index contributed by atoms with van der Waals surface area (Å²) in [4.78, 5) is 4.79. The Bertz CT molecular complexity index is 399. The van der Waals surface area contributed by atoms with Gasteiger partial charge in [0.05, 0.1) is 0 Å². The van der Waals surface area contributed by atoms with E-state index < -0.39 is 0 Å². The van der Waals surface area contributed by atoms with Crippen molar-refractivity contribution in [3.05, 3.63) is 22.1 Å². The van der Waals surface area contributed by atoms with E-state index in [2.05, 4.69) is 40.0 Å². The fraction of sp³-hybridized carbons (Fsp3) is 0.643. The zero-order valence-corrected chi connectivity index (χ0v) is 11.7. The van der Waals surface area contributed by atoms with Crippen molar-refractivity contribution < 1.29 is 0 Å². The van der Waals surface area contributed by atoms with Crippen LogP contribution < -0.4 is 0 Å². The van der Waals surface area contributed by atoms with E-state index in [-0.39, 0.29) is 5.41 Å². The molecule has 1 nitrogen and oxygen atoms in total. The number of hydrogen-bond donors (Lipinski definition) is 0. The largest absolute Gasteiger partial charge is 0.274 e. The lowest BCUT2D eigenvalue weighted by molar-refractivity contribution is 0.627. The van der Waals surface area contributed by atoms with E-state index >= 15 is 0 Å². The first-order valence-corrected chi connectivity index (χ1v) is 7.03. The van der Waals surface area contributed by atoms with E-state index in [0.29, 0.717) is 5.37 Å². The van der Waals surface area contributed by atoms with E-state index in [1.54, 1.807) is 5.57 Å². The van der Waals surface area contributed by atoms with Gasteiger partial charge in [0.15, 0.2) is 0 Å². The standard InChI is InChI=1S/C14H21NS/c1-6-7-11-8-16-13-12(9(11)2)14(4,5)10(3)15-13/h8,13H,6-7H2,1-5H3. The lowest BCUT2D eigenvalue weighted by Gasteiger charge is -2.29. The fourth-order valence-corrected chi connectivity index (χ4v) is 4.00. The van der Waals surface area contributed by atoms with Crippen molar-refractivity contribution in [1.29, 1.82) is 0 Å². The van der Waals surface area contributed by atoms with Crippen molar-refractivity contribution in [1.82, 2.24) is 0 Å². The number of hydrogen-bond acceptors (Lipinski definition) is 2. The topological polar surface area (TPSA) is 12.4 Å². The summed E-state index contributed by atoms with van der Waals surface area (Å²) in [7, 11) is 0. The summed E-state index contributed by atoms with van der Waals surface area (Å²) in [5.74, 6) is 0. The van der Waals surface area contributed by atoms with Crippen molar-refractivity contribution in [3.63, 3.8) is 0 Å². The quantitative estimate of drug-likeness (QED) is 0.683. The molecule has 0 N–H and O–H groups in total. The summed E-state index contributed by atoms with van der Waals surface area (Å²) in [6, 6.07) is 0. The third-order valence-corrected chi connectivity index (χ3v) is 4.90. The van der Waals surface area contributed by atoms with Gasteiger partial charge in [-0.05, 0) is 42.4 Å². The SMILES string of the molecule is CCCC1=CSC2N=C(C)C(C)(C)C2=C1C. The molecule has 2 rings (SSSR count). The summed E-state index contributed by atoms with van der Waals surface area (Å²) in [5, 5.41) is 2.68. The minimum Gasteiger partial charge on any atom is -0.274 e. The fourth-order valence-electron chi connectivity index (χ4n) is 2.58. The Balaban J connectivity index is 2.42. The zero-order valence-electron chi connectivity index (χ0n) is 10.9. The molecule has 2 aliphatic rings. The number of thioether (sulfide) groups is 1. The van der Waals surface area contributed by atoms with Crippen LogP contribution in [-0.4, -0.2) is 11.1 Å². The highest BCUT2D eigenvalue weighted by molar-refractivity contribution is 8.03. The third kappa shape index (κ3) is 1.67. The molecule has 2 heteroatoms. The highest BCUT2D eigenvalue weighted by Crippen LogP contribution is 2.49. The molecule has 16 heavy (non-hydrogen) atoms. The van der Waals surface area contributed by atoms with Gasteiger partial charge < -0.3 is 0 Å². The van der Waals surface area contributed by atoms with Crippen molar-refractivity contribution in [2.75, 3.05) is 0 Å². The van der Waals surface area contributed by atoms with Crippen LogP contribution in [0.15, 0.2) is 27.1 Å². The number of fused-ring (bicyclic) bond motifs is 1. The molecule has 0 aromatic rings. The monoisotopic (exact) mass is 235 g/mol. The molecule has 0 aromatic heterocycles. The van der Waals surface area contributed by atoms with Gasteiger partial charge >= 0.3 is 0 Å².